The molecule has 7 rings (SSSR count). The number of carbonyl (C=O) groups is 1. The number of fused-ring (bicyclic) bond motifs is 1. The number of carbonyl (C=O) groups excluding carboxylic acids is 1. The van der Waals surface area contributed by atoms with Crippen molar-refractivity contribution < 1.29 is 4.79 Å². The van der Waals surface area contributed by atoms with Crippen LogP contribution in [0.3, 0.4) is 0 Å². The van der Waals surface area contributed by atoms with E-state index in [1.54, 1.807) is 36.8 Å². The topological polar surface area (TPSA) is 119 Å². The smallest absolute Gasteiger partial charge is 0.267 e. The number of benzene rings is 2. The van der Waals surface area contributed by atoms with Crippen molar-refractivity contribution >= 4 is 33.9 Å². The zero-order valence-electron chi connectivity index (χ0n) is 23.9. The van der Waals surface area contributed by atoms with E-state index in [0.29, 0.717) is 17.4 Å². The van der Waals surface area contributed by atoms with Gasteiger partial charge in [0, 0.05) is 52.3 Å². The van der Waals surface area contributed by atoms with Crippen molar-refractivity contribution in [3.63, 3.8) is 0 Å². The van der Waals surface area contributed by atoms with Gasteiger partial charge < -0.3 is 16.0 Å². The zero-order chi connectivity index (χ0) is 29.9. The van der Waals surface area contributed by atoms with Crippen molar-refractivity contribution in [1.82, 2.24) is 29.6 Å². The van der Waals surface area contributed by atoms with Gasteiger partial charge in [-0.15, -0.1) is 0 Å². The molecule has 10 heteroatoms. The van der Waals surface area contributed by atoms with Crippen molar-refractivity contribution in [3.8, 4) is 16.9 Å². The van der Waals surface area contributed by atoms with Crippen LogP contribution in [0.5, 0.6) is 0 Å². The SMILES string of the molecule is O=C(Nc1ccc(Nc2ccnc3cnc(-c4cnn(C5CCNCC5)c4)cc23)cc1)c1cccn(-c2ccccc2)c1=O. The predicted molar refractivity (Wildman–Crippen MR) is 172 cm³/mol. The minimum absolute atomic E-state index is 0.0625. The first-order valence-corrected chi connectivity index (χ1v) is 14.6. The minimum atomic E-state index is -0.468. The lowest BCUT2D eigenvalue weighted by molar-refractivity contribution is 0.102. The summed E-state index contributed by atoms with van der Waals surface area (Å²) in [6.07, 6.45) is 11.3. The second-order valence-electron chi connectivity index (χ2n) is 10.7. The molecule has 0 radical (unpaired) electrons. The number of amides is 1. The number of nitrogens with zero attached hydrogens (tertiary/aromatic N) is 5. The molecule has 1 aliphatic heterocycles. The molecule has 1 aliphatic rings. The quantitative estimate of drug-likeness (QED) is 0.225. The fourth-order valence-corrected chi connectivity index (χ4v) is 5.51. The van der Waals surface area contributed by atoms with E-state index in [2.05, 4.69) is 41.9 Å². The molecule has 10 nitrogen and oxygen atoms in total. The van der Waals surface area contributed by atoms with E-state index in [1.807, 2.05) is 60.8 Å². The second-order valence-corrected chi connectivity index (χ2v) is 10.7. The lowest BCUT2D eigenvalue weighted by atomic mass is 10.1. The molecule has 0 unspecified atom stereocenters. The van der Waals surface area contributed by atoms with Crippen LogP contribution in [0.15, 0.2) is 115 Å². The van der Waals surface area contributed by atoms with Gasteiger partial charge in [-0.1, -0.05) is 18.2 Å². The van der Waals surface area contributed by atoms with Gasteiger partial charge in [0.05, 0.1) is 29.6 Å². The summed E-state index contributed by atoms with van der Waals surface area (Å²) in [6.45, 7) is 2.01. The fraction of sp³-hybridized carbons (Fsp3) is 0.147. The minimum Gasteiger partial charge on any atom is -0.355 e. The maximum Gasteiger partial charge on any atom is 0.267 e. The number of hydrogen-bond acceptors (Lipinski definition) is 7. The van der Waals surface area contributed by atoms with Gasteiger partial charge >= 0.3 is 0 Å². The van der Waals surface area contributed by atoms with E-state index in [1.165, 1.54) is 10.6 Å². The van der Waals surface area contributed by atoms with E-state index in [9.17, 15) is 9.59 Å². The first kappa shape index (κ1) is 27.2. The zero-order valence-corrected chi connectivity index (χ0v) is 23.9. The van der Waals surface area contributed by atoms with Crippen molar-refractivity contribution in [3.05, 3.63) is 126 Å². The van der Waals surface area contributed by atoms with Gasteiger partial charge in [-0.3, -0.25) is 28.8 Å². The Labute approximate surface area is 253 Å². The molecule has 0 spiro atoms. The number of rotatable bonds is 7. The molecule has 0 atom stereocenters. The largest absolute Gasteiger partial charge is 0.355 e. The van der Waals surface area contributed by atoms with Crippen LogP contribution in [0.25, 0.3) is 27.8 Å². The number of nitrogens with one attached hydrogen (secondary N) is 3. The Hall–Kier alpha value is -5.61. The summed E-state index contributed by atoms with van der Waals surface area (Å²) in [5, 5.41) is 15.3. The van der Waals surface area contributed by atoms with Gasteiger partial charge in [-0.2, -0.15) is 5.10 Å². The van der Waals surface area contributed by atoms with Crippen LogP contribution in [-0.2, 0) is 0 Å². The molecule has 3 N–H and O–H groups in total. The normalized spacial score (nSPS) is 13.5. The predicted octanol–water partition coefficient (Wildman–Crippen LogP) is 5.56. The Morgan fingerprint density at radius 1 is 0.886 bits per heavy atom. The standard InChI is InChI=1S/C34H30N8O2/c43-33(28-7-4-18-41(34(28)44)26-5-2-1-3-6-26)40-25-10-8-24(9-11-25)39-30-14-17-36-32-21-37-31(19-29(30)32)23-20-38-42(22-23)27-12-15-35-16-13-27/h1-11,14,17-22,27,35H,12-13,15-16H2,(H,36,39)(H,40,43). The Kier molecular flexibility index (Phi) is 7.39. The number of para-hydroxylation sites is 1. The molecule has 1 amide bonds. The third kappa shape index (κ3) is 5.58. The first-order valence-electron chi connectivity index (χ1n) is 14.6. The Morgan fingerprint density at radius 2 is 1.68 bits per heavy atom. The second kappa shape index (κ2) is 11.9. The molecule has 4 aromatic heterocycles. The van der Waals surface area contributed by atoms with Crippen molar-refractivity contribution in [2.45, 2.75) is 18.9 Å². The fourth-order valence-electron chi connectivity index (χ4n) is 5.51. The summed E-state index contributed by atoms with van der Waals surface area (Å²) in [5.74, 6) is -0.468. The maximum absolute atomic E-state index is 13.0. The summed E-state index contributed by atoms with van der Waals surface area (Å²) >= 11 is 0. The molecular formula is C34H30N8O2. The average molecular weight is 583 g/mol. The van der Waals surface area contributed by atoms with E-state index in [0.717, 1.165) is 59.5 Å². The summed E-state index contributed by atoms with van der Waals surface area (Å²) < 4.78 is 3.52. The number of piperidine rings is 1. The van der Waals surface area contributed by atoms with Gasteiger partial charge in [0.25, 0.3) is 11.5 Å². The van der Waals surface area contributed by atoms with Gasteiger partial charge in [0.2, 0.25) is 0 Å². The van der Waals surface area contributed by atoms with Gasteiger partial charge in [0.1, 0.15) is 5.56 Å². The van der Waals surface area contributed by atoms with Crippen LogP contribution in [0.1, 0.15) is 29.2 Å². The van der Waals surface area contributed by atoms with Crippen LogP contribution in [-0.4, -0.2) is 43.3 Å². The molecule has 0 aliphatic carbocycles. The highest BCUT2D eigenvalue weighted by molar-refractivity contribution is 6.04. The van der Waals surface area contributed by atoms with Crippen LogP contribution in [0, 0.1) is 0 Å². The van der Waals surface area contributed by atoms with Gasteiger partial charge in [0.15, 0.2) is 0 Å². The van der Waals surface area contributed by atoms with Crippen molar-refractivity contribution in [2.75, 3.05) is 23.7 Å². The number of pyridine rings is 3. The van der Waals surface area contributed by atoms with Crippen molar-refractivity contribution in [2.24, 2.45) is 0 Å². The van der Waals surface area contributed by atoms with Crippen LogP contribution < -0.4 is 21.5 Å². The monoisotopic (exact) mass is 582 g/mol. The van der Waals surface area contributed by atoms with Crippen LogP contribution >= 0.6 is 0 Å². The van der Waals surface area contributed by atoms with E-state index in [-0.39, 0.29) is 11.1 Å². The molecule has 218 valence electrons. The molecular weight excluding hydrogens is 552 g/mol. The number of anilines is 3. The van der Waals surface area contributed by atoms with E-state index >= 15 is 0 Å². The number of aromatic nitrogens is 5. The third-order valence-electron chi connectivity index (χ3n) is 7.86. The van der Waals surface area contributed by atoms with Gasteiger partial charge in [-0.05, 0) is 86.6 Å². The Bertz CT molecular complexity index is 1990. The molecule has 0 saturated carbocycles. The highest BCUT2D eigenvalue weighted by Crippen LogP contribution is 2.29. The van der Waals surface area contributed by atoms with Crippen LogP contribution in [0.2, 0.25) is 0 Å². The van der Waals surface area contributed by atoms with Crippen molar-refractivity contribution in [1.29, 1.82) is 0 Å². The molecule has 2 aromatic carbocycles. The summed E-state index contributed by atoms with van der Waals surface area (Å²) in [6, 6.07) is 24.1. The molecule has 6 aromatic rings. The molecule has 1 saturated heterocycles. The summed E-state index contributed by atoms with van der Waals surface area (Å²) in [4.78, 5) is 35.2. The first-order chi connectivity index (χ1) is 21.6. The maximum atomic E-state index is 13.0. The highest BCUT2D eigenvalue weighted by atomic mass is 16.2. The third-order valence-corrected chi connectivity index (χ3v) is 7.86. The summed E-state index contributed by atoms with van der Waals surface area (Å²) in [5.41, 5.74) is 5.24. The molecule has 1 fully saturated rings. The highest BCUT2D eigenvalue weighted by Gasteiger charge is 2.17. The number of hydrogen-bond donors (Lipinski definition) is 3. The lowest BCUT2D eigenvalue weighted by Gasteiger charge is -2.22. The molecule has 0 bridgehead atoms. The van der Waals surface area contributed by atoms with Crippen LogP contribution in [0.4, 0.5) is 17.1 Å². The molecule has 5 heterocycles. The van der Waals surface area contributed by atoms with Gasteiger partial charge in [-0.25, -0.2) is 0 Å². The summed E-state index contributed by atoms with van der Waals surface area (Å²) in [7, 11) is 0. The average Bonchev–Trinajstić information content (AvgIpc) is 3.57. The molecule has 44 heavy (non-hydrogen) atoms. The van der Waals surface area contributed by atoms with E-state index in [4.69, 9.17) is 0 Å². The lowest BCUT2D eigenvalue weighted by Crippen LogP contribution is -2.29. The van der Waals surface area contributed by atoms with E-state index < -0.39 is 5.91 Å². The Balaban J connectivity index is 1.08. The Morgan fingerprint density at radius 3 is 2.50 bits per heavy atom.